The van der Waals surface area contributed by atoms with Crippen LogP contribution < -0.4 is 11.1 Å². The summed E-state index contributed by atoms with van der Waals surface area (Å²) in [7, 11) is 1.75. The van der Waals surface area contributed by atoms with E-state index in [0.29, 0.717) is 13.0 Å². The van der Waals surface area contributed by atoms with E-state index in [1.54, 1.807) is 13.2 Å². The number of benzene rings is 1. The van der Waals surface area contributed by atoms with Gasteiger partial charge < -0.3 is 11.1 Å². The molecule has 20 heavy (non-hydrogen) atoms. The summed E-state index contributed by atoms with van der Waals surface area (Å²) in [5.41, 5.74) is 5.65. The van der Waals surface area contributed by atoms with Crippen molar-refractivity contribution in [3.05, 3.63) is 51.9 Å². The molecule has 2 rings (SSSR count). The summed E-state index contributed by atoms with van der Waals surface area (Å²) in [5, 5.41) is 7.33. The van der Waals surface area contributed by atoms with Gasteiger partial charge in [-0.3, -0.25) is 9.48 Å². The van der Waals surface area contributed by atoms with Gasteiger partial charge in [-0.15, -0.1) is 0 Å². The summed E-state index contributed by atoms with van der Waals surface area (Å²) < 4.78 is 2.89. The lowest BCUT2D eigenvalue weighted by molar-refractivity contribution is -0.125. The number of primary amides is 1. The van der Waals surface area contributed by atoms with Crippen LogP contribution in [-0.2, 0) is 16.9 Å². The average Bonchev–Trinajstić information content (AvgIpc) is 2.87. The van der Waals surface area contributed by atoms with Crippen molar-refractivity contribution in [3.63, 3.8) is 0 Å². The van der Waals surface area contributed by atoms with E-state index in [4.69, 9.17) is 5.73 Å². The van der Waals surface area contributed by atoms with Crippen LogP contribution in [0.25, 0.3) is 0 Å². The summed E-state index contributed by atoms with van der Waals surface area (Å²) in [4.78, 5) is 12.0. The van der Waals surface area contributed by atoms with E-state index in [1.165, 1.54) is 0 Å². The Morgan fingerprint density at radius 1 is 1.45 bits per heavy atom. The SMILES string of the molecule is CNC(CCn1cc(I)cn1)(C(N)=O)c1ccccc1. The van der Waals surface area contributed by atoms with E-state index < -0.39 is 5.54 Å². The fourth-order valence-corrected chi connectivity index (χ4v) is 2.71. The van der Waals surface area contributed by atoms with Gasteiger partial charge in [-0.1, -0.05) is 30.3 Å². The Hall–Kier alpha value is -1.41. The molecule has 0 fully saturated rings. The van der Waals surface area contributed by atoms with Crippen molar-refractivity contribution in [3.8, 4) is 0 Å². The number of carbonyl (C=O) groups is 1. The number of rotatable bonds is 6. The fraction of sp³-hybridized carbons (Fsp3) is 0.286. The molecule has 0 aliphatic heterocycles. The van der Waals surface area contributed by atoms with Gasteiger partial charge in [-0.2, -0.15) is 5.10 Å². The van der Waals surface area contributed by atoms with Crippen molar-refractivity contribution in [2.75, 3.05) is 7.05 Å². The Balaban J connectivity index is 2.26. The second-order valence-electron chi connectivity index (χ2n) is 4.56. The zero-order valence-electron chi connectivity index (χ0n) is 11.2. The molecule has 1 atom stereocenters. The number of aromatic nitrogens is 2. The van der Waals surface area contributed by atoms with E-state index in [-0.39, 0.29) is 5.91 Å². The van der Waals surface area contributed by atoms with Gasteiger partial charge in [0.2, 0.25) is 5.91 Å². The van der Waals surface area contributed by atoms with Gasteiger partial charge in [0.25, 0.3) is 0 Å². The zero-order chi connectivity index (χ0) is 14.6. The minimum absolute atomic E-state index is 0.381. The number of nitrogens with two attached hydrogens (primary N) is 1. The van der Waals surface area contributed by atoms with Crippen LogP contribution in [0.3, 0.4) is 0 Å². The summed E-state index contributed by atoms with van der Waals surface area (Å²) >= 11 is 2.20. The van der Waals surface area contributed by atoms with E-state index in [0.717, 1.165) is 9.13 Å². The first-order valence-electron chi connectivity index (χ1n) is 6.31. The van der Waals surface area contributed by atoms with Crippen LogP contribution in [-0.4, -0.2) is 22.7 Å². The molecule has 2 aromatic rings. The third-order valence-corrected chi connectivity index (χ3v) is 3.99. The molecule has 1 amide bonds. The van der Waals surface area contributed by atoms with Crippen molar-refractivity contribution < 1.29 is 4.79 Å². The summed E-state index contributed by atoms with van der Waals surface area (Å²) in [5.74, 6) is -0.381. The normalized spacial score (nSPS) is 13.9. The topological polar surface area (TPSA) is 72.9 Å². The molecule has 1 heterocycles. The Kier molecular flexibility index (Phi) is 4.77. The largest absolute Gasteiger partial charge is 0.368 e. The number of aryl methyl sites for hydroxylation is 1. The molecule has 0 radical (unpaired) electrons. The predicted molar refractivity (Wildman–Crippen MR) is 85.9 cm³/mol. The predicted octanol–water partition coefficient (Wildman–Crippen LogP) is 1.48. The Morgan fingerprint density at radius 3 is 2.65 bits per heavy atom. The van der Waals surface area contributed by atoms with Crippen molar-refractivity contribution in [1.29, 1.82) is 0 Å². The molecule has 0 aliphatic carbocycles. The van der Waals surface area contributed by atoms with Crippen LogP contribution in [0.4, 0.5) is 0 Å². The van der Waals surface area contributed by atoms with E-state index in [2.05, 4.69) is 33.0 Å². The molecule has 0 saturated carbocycles. The molecule has 106 valence electrons. The molecule has 1 aromatic heterocycles. The van der Waals surface area contributed by atoms with Crippen LogP contribution in [0.15, 0.2) is 42.7 Å². The van der Waals surface area contributed by atoms with Gasteiger partial charge in [0.05, 0.1) is 9.77 Å². The van der Waals surface area contributed by atoms with Gasteiger partial charge in [0, 0.05) is 12.7 Å². The maximum atomic E-state index is 12.0. The van der Waals surface area contributed by atoms with Gasteiger partial charge >= 0.3 is 0 Å². The van der Waals surface area contributed by atoms with E-state index in [9.17, 15) is 4.79 Å². The first-order valence-corrected chi connectivity index (χ1v) is 7.38. The summed E-state index contributed by atoms with van der Waals surface area (Å²) in [6, 6.07) is 9.55. The van der Waals surface area contributed by atoms with Gasteiger partial charge in [-0.25, -0.2) is 0 Å². The highest BCUT2D eigenvalue weighted by Crippen LogP contribution is 2.25. The minimum Gasteiger partial charge on any atom is -0.368 e. The first-order chi connectivity index (χ1) is 9.58. The maximum Gasteiger partial charge on any atom is 0.242 e. The molecular weight excluding hydrogens is 367 g/mol. The standard InChI is InChI=1S/C14H17IN4O/c1-17-14(13(16)20,11-5-3-2-4-6-11)7-8-19-10-12(15)9-18-19/h2-6,9-10,17H,7-8H2,1H3,(H2,16,20). The average molecular weight is 384 g/mol. The highest BCUT2D eigenvalue weighted by molar-refractivity contribution is 14.1. The minimum atomic E-state index is -0.876. The number of hydrogen-bond acceptors (Lipinski definition) is 3. The number of halogens is 1. The molecule has 5 nitrogen and oxygen atoms in total. The smallest absolute Gasteiger partial charge is 0.242 e. The molecule has 6 heteroatoms. The number of hydrogen-bond donors (Lipinski definition) is 2. The summed E-state index contributed by atoms with van der Waals surface area (Å²) in [6.45, 7) is 0.613. The van der Waals surface area contributed by atoms with E-state index >= 15 is 0 Å². The zero-order valence-corrected chi connectivity index (χ0v) is 13.4. The molecule has 1 aromatic carbocycles. The van der Waals surface area contributed by atoms with Crippen LogP contribution in [0.2, 0.25) is 0 Å². The van der Waals surface area contributed by atoms with Crippen molar-refractivity contribution >= 4 is 28.5 Å². The van der Waals surface area contributed by atoms with Crippen LogP contribution in [0, 0.1) is 3.57 Å². The number of carbonyl (C=O) groups excluding carboxylic acids is 1. The van der Waals surface area contributed by atoms with Crippen LogP contribution in [0.5, 0.6) is 0 Å². The Labute approximate surface area is 131 Å². The number of amides is 1. The Bertz CT molecular complexity index is 584. The highest BCUT2D eigenvalue weighted by Gasteiger charge is 2.36. The number of likely N-dealkylation sites (N-methyl/N-ethyl adjacent to an activating group) is 1. The van der Waals surface area contributed by atoms with Crippen molar-refractivity contribution in [2.24, 2.45) is 5.73 Å². The first kappa shape index (κ1) is 15.0. The quantitative estimate of drug-likeness (QED) is 0.742. The van der Waals surface area contributed by atoms with Gasteiger partial charge in [-0.05, 0) is 41.6 Å². The fourth-order valence-electron chi connectivity index (χ4n) is 2.27. The van der Waals surface area contributed by atoms with E-state index in [1.807, 2.05) is 41.2 Å². The second-order valence-corrected chi connectivity index (χ2v) is 5.80. The lowest BCUT2D eigenvalue weighted by Crippen LogP contribution is -2.51. The van der Waals surface area contributed by atoms with Gasteiger partial charge in [0.15, 0.2) is 0 Å². The summed E-state index contributed by atoms with van der Waals surface area (Å²) in [6.07, 6.45) is 4.27. The number of nitrogens with zero attached hydrogens (tertiary/aromatic N) is 2. The Morgan fingerprint density at radius 2 is 2.15 bits per heavy atom. The van der Waals surface area contributed by atoms with Crippen LogP contribution in [0.1, 0.15) is 12.0 Å². The third-order valence-electron chi connectivity index (χ3n) is 3.43. The molecule has 3 N–H and O–H groups in total. The number of nitrogens with one attached hydrogen (secondary N) is 1. The molecule has 1 unspecified atom stereocenters. The van der Waals surface area contributed by atoms with Crippen molar-refractivity contribution in [2.45, 2.75) is 18.5 Å². The molecule has 0 saturated heterocycles. The van der Waals surface area contributed by atoms with Crippen LogP contribution >= 0.6 is 22.6 Å². The third kappa shape index (κ3) is 3.01. The second kappa shape index (κ2) is 6.36. The maximum absolute atomic E-state index is 12.0. The molecule has 0 aliphatic rings. The lowest BCUT2D eigenvalue weighted by Gasteiger charge is -2.30. The molecular formula is C14H17IN4O. The molecule has 0 spiro atoms. The monoisotopic (exact) mass is 384 g/mol. The molecule has 0 bridgehead atoms. The lowest BCUT2D eigenvalue weighted by atomic mass is 9.86. The highest BCUT2D eigenvalue weighted by atomic mass is 127. The van der Waals surface area contributed by atoms with Crippen molar-refractivity contribution in [1.82, 2.24) is 15.1 Å². The van der Waals surface area contributed by atoms with Gasteiger partial charge in [0.1, 0.15) is 5.54 Å².